The van der Waals surface area contributed by atoms with E-state index in [1.165, 1.54) is 4.68 Å². The maximum absolute atomic E-state index is 12.4. The minimum atomic E-state index is -3.88. The van der Waals surface area contributed by atoms with Gasteiger partial charge >= 0.3 is 0 Å². The Bertz CT molecular complexity index is 752. The summed E-state index contributed by atoms with van der Waals surface area (Å²) >= 11 is 11.6. The quantitative estimate of drug-likeness (QED) is 0.865. The van der Waals surface area contributed by atoms with Crippen LogP contribution in [0.5, 0.6) is 0 Å². The van der Waals surface area contributed by atoms with Crippen LogP contribution in [-0.4, -0.2) is 28.2 Å². The molecule has 0 radical (unpaired) electrons. The van der Waals surface area contributed by atoms with Gasteiger partial charge in [-0.2, -0.15) is 5.10 Å². The molecule has 0 fully saturated rings. The second-order valence-electron chi connectivity index (χ2n) is 4.06. The summed E-state index contributed by atoms with van der Waals surface area (Å²) in [7, 11) is -2.22. The van der Waals surface area contributed by atoms with E-state index >= 15 is 0 Å². The van der Waals surface area contributed by atoms with Crippen molar-refractivity contribution in [2.24, 2.45) is 7.05 Å². The lowest BCUT2D eigenvalue weighted by Gasteiger charge is -2.10. The normalized spacial score (nSPS) is 11.7. The first kappa shape index (κ1) is 15.0. The maximum Gasteiger partial charge on any atom is 0.265 e. The average molecular weight is 336 g/mol. The monoisotopic (exact) mass is 335 g/mol. The predicted octanol–water partition coefficient (Wildman–Crippen LogP) is 1.93. The van der Waals surface area contributed by atoms with E-state index in [0.29, 0.717) is 11.4 Å². The van der Waals surface area contributed by atoms with Gasteiger partial charge in [-0.05, 0) is 13.8 Å². The molecule has 108 valence electrons. The van der Waals surface area contributed by atoms with E-state index in [2.05, 4.69) is 19.8 Å². The Labute approximate surface area is 126 Å². The number of halogens is 2. The lowest BCUT2D eigenvalue weighted by molar-refractivity contribution is 0.599. The molecule has 2 aromatic heterocycles. The third kappa shape index (κ3) is 2.58. The minimum Gasteiger partial charge on any atom is -0.273 e. The smallest absolute Gasteiger partial charge is 0.265 e. The number of hydrogen-bond donors (Lipinski definition) is 1. The average Bonchev–Trinajstić information content (AvgIpc) is 2.59. The molecule has 0 saturated heterocycles. The molecule has 0 amide bonds. The van der Waals surface area contributed by atoms with E-state index in [-0.39, 0.29) is 20.9 Å². The van der Waals surface area contributed by atoms with Gasteiger partial charge in [-0.1, -0.05) is 23.2 Å². The summed E-state index contributed by atoms with van der Waals surface area (Å²) in [6, 6.07) is 0. The molecule has 20 heavy (non-hydrogen) atoms. The number of hydrogen-bond acceptors (Lipinski definition) is 5. The molecule has 0 aliphatic heterocycles. The third-order valence-electron chi connectivity index (χ3n) is 2.70. The topological polar surface area (TPSA) is 89.8 Å². The van der Waals surface area contributed by atoms with Gasteiger partial charge in [-0.15, -0.1) is 0 Å². The fraction of sp³-hybridized carbons (Fsp3) is 0.300. The van der Waals surface area contributed by atoms with Crippen LogP contribution in [0.15, 0.2) is 11.2 Å². The van der Waals surface area contributed by atoms with E-state index < -0.39 is 10.0 Å². The molecule has 0 unspecified atom stereocenters. The zero-order chi connectivity index (χ0) is 15.1. The van der Waals surface area contributed by atoms with Crippen molar-refractivity contribution in [1.29, 1.82) is 0 Å². The summed E-state index contributed by atoms with van der Waals surface area (Å²) in [6.07, 6.45) is 1.14. The third-order valence-corrected chi connectivity index (χ3v) is 4.88. The van der Waals surface area contributed by atoms with Crippen LogP contribution in [0, 0.1) is 13.8 Å². The molecule has 7 nitrogen and oxygen atoms in total. The molecule has 0 aliphatic carbocycles. The molecule has 10 heteroatoms. The fourth-order valence-electron chi connectivity index (χ4n) is 1.76. The van der Waals surface area contributed by atoms with Crippen LogP contribution in [0.3, 0.4) is 0 Å². The highest BCUT2D eigenvalue weighted by Crippen LogP contribution is 2.29. The standard InChI is InChI=1S/C10H11Cl2N5O2S/c1-5-8(6(2)17(3)15-5)20(18,19)16-7-9(11)13-4-14-10(7)12/h4,16H,1-3H3. The van der Waals surface area contributed by atoms with Crippen molar-refractivity contribution >= 4 is 38.9 Å². The highest BCUT2D eigenvalue weighted by atomic mass is 35.5. The SMILES string of the molecule is Cc1nn(C)c(C)c1S(=O)(=O)Nc1c(Cl)ncnc1Cl. The van der Waals surface area contributed by atoms with Gasteiger partial charge in [0.15, 0.2) is 10.3 Å². The second kappa shape index (κ2) is 5.19. The molecule has 2 rings (SSSR count). The van der Waals surface area contributed by atoms with Gasteiger partial charge in [-0.25, -0.2) is 18.4 Å². The second-order valence-corrected chi connectivity index (χ2v) is 6.39. The predicted molar refractivity (Wildman–Crippen MR) is 75.5 cm³/mol. The van der Waals surface area contributed by atoms with Crippen LogP contribution in [-0.2, 0) is 17.1 Å². The first-order valence-electron chi connectivity index (χ1n) is 5.43. The van der Waals surface area contributed by atoms with Crippen molar-refractivity contribution in [2.45, 2.75) is 18.7 Å². The van der Waals surface area contributed by atoms with Gasteiger partial charge in [0.25, 0.3) is 10.0 Å². The lowest BCUT2D eigenvalue weighted by atomic mass is 10.4. The Morgan fingerprint density at radius 2 is 1.75 bits per heavy atom. The van der Waals surface area contributed by atoms with Gasteiger partial charge in [0.1, 0.15) is 16.9 Å². The van der Waals surface area contributed by atoms with Crippen LogP contribution in [0.2, 0.25) is 10.3 Å². The summed E-state index contributed by atoms with van der Waals surface area (Å²) in [4.78, 5) is 7.46. The van der Waals surface area contributed by atoms with Gasteiger partial charge in [0, 0.05) is 7.05 Å². The number of aryl methyl sites for hydroxylation is 2. The first-order chi connectivity index (χ1) is 9.24. The van der Waals surface area contributed by atoms with E-state index in [9.17, 15) is 8.42 Å². The Kier molecular flexibility index (Phi) is 3.90. The van der Waals surface area contributed by atoms with Gasteiger partial charge < -0.3 is 0 Å². The van der Waals surface area contributed by atoms with Crippen LogP contribution >= 0.6 is 23.2 Å². The van der Waals surface area contributed by atoms with Crippen LogP contribution in [0.25, 0.3) is 0 Å². The summed E-state index contributed by atoms with van der Waals surface area (Å²) in [5.41, 5.74) is 0.819. The number of anilines is 1. The fourth-order valence-corrected chi connectivity index (χ4v) is 3.79. The molecule has 1 N–H and O–H groups in total. The summed E-state index contributed by atoms with van der Waals surface area (Å²) in [5.74, 6) is 0. The Balaban J connectivity index is 2.52. The summed E-state index contributed by atoms with van der Waals surface area (Å²) in [6.45, 7) is 3.26. The van der Waals surface area contributed by atoms with Crippen LogP contribution < -0.4 is 4.72 Å². The number of aromatic nitrogens is 4. The van der Waals surface area contributed by atoms with Crippen molar-refractivity contribution in [1.82, 2.24) is 19.7 Å². The Morgan fingerprint density at radius 1 is 1.20 bits per heavy atom. The Hall–Kier alpha value is -1.38. The molecular formula is C10H11Cl2N5O2S. The highest BCUT2D eigenvalue weighted by molar-refractivity contribution is 7.92. The summed E-state index contributed by atoms with van der Waals surface area (Å²) in [5, 5.41) is 3.91. The van der Waals surface area contributed by atoms with E-state index in [1.54, 1.807) is 20.9 Å². The summed E-state index contributed by atoms with van der Waals surface area (Å²) < 4.78 is 28.6. The van der Waals surface area contributed by atoms with Crippen molar-refractivity contribution in [3.63, 3.8) is 0 Å². The number of nitrogens with zero attached hydrogens (tertiary/aromatic N) is 4. The van der Waals surface area contributed by atoms with Crippen molar-refractivity contribution in [2.75, 3.05) is 4.72 Å². The van der Waals surface area contributed by atoms with Crippen LogP contribution in [0.1, 0.15) is 11.4 Å². The molecule has 0 aromatic carbocycles. The number of nitrogens with one attached hydrogen (secondary N) is 1. The van der Waals surface area contributed by atoms with E-state index in [1.807, 2.05) is 0 Å². The van der Waals surface area contributed by atoms with Gasteiger partial charge in [0.05, 0.1) is 11.4 Å². The van der Waals surface area contributed by atoms with Gasteiger partial charge in [0.2, 0.25) is 0 Å². The lowest BCUT2D eigenvalue weighted by Crippen LogP contribution is -2.16. The van der Waals surface area contributed by atoms with E-state index in [0.717, 1.165) is 6.33 Å². The van der Waals surface area contributed by atoms with E-state index in [4.69, 9.17) is 23.2 Å². The minimum absolute atomic E-state index is 0.0570. The van der Waals surface area contributed by atoms with Crippen molar-refractivity contribution in [3.05, 3.63) is 28.0 Å². The van der Waals surface area contributed by atoms with Crippen molar-refractivity contribution in [3.8, 4) is 0 Å². The van der Waals surface area contributed by atoms with Crippen LogP contribution in [0.4, 0.5) is 5.69 Å². The highest BCUT2D eigenvalue weighted by Gasteiger charge is 2.26. The molecule has 0 spiro atoms. The zero-order valence-electron chi connectivity index (χ0n) is 10.8. The molecule has 2 heterocycles. The molecule has 0 bridgehead atoms. The number of sulfonamides is 1. The largest absolute Gasteiger partial charge is 0.273 e. The molecule has 2 aromatic rings. The zero-order valence-corrected chi connectivity index (χ0v) is 13.2. The molecular weight excluding hydrogens is 325 g/mol. The maximum atomic E-state index is 12.4. The molecule has 0 saturated carbocycles. The molecule has 0 aliphatic rings. The molecule has 0 atom stereocenters. The first-order valence-corrected chi connectivity index (χ1v) is 7.67. The Morgan fingerprint density at radius 3 is 2.20 bits per heavy atom. The van der Waals surface area contributed by atoms with Crippen molar-refractivity contribution < 1.29 is 8.42 Å². The van der Waals surface area contributed by atoms with Gasteiger partial charge in [-0.3, -0.25) is 9.40 Å². The number of rotatable bonds is 3.